The van der Waals surface area contributed by atoms with Crippen LogP contribution < -0.4 is 4.90 Å². The summed E-state index contributed by atoms with van der Waals surface area (Å²) in [6.45, 7) is 7.71. The smallest absolute Gasteiger partial charge is 0.224 e. The number of aromatic nitrogens is 2. The minimum atomic E-state index is 0.252. The van der Waals surface area contributed by atoms with Crippen molar-refractivity contribution in [1.82, 2.24) is 9.97 Å². The number of piperidine rings is 1. The first-order valence-electron chi connectivity index (χ1n) is 5.93. The maximum absolute atomic E-state index is 6.16. The van der Waals surface area contributed by atoms with Gasteiger partial charge < -0.3 is 4.90 Å². The highest BCUT2D eigenvalue weighted by atomic mass is 35.5. The Bertz CT molecular complexity index is 411. The van der Waals surface area contributed by atoms with Crippen molar-refractivity contribution in [3.05, 3.63) is 16.5 Å². The van der Waals surface area contributed by atoms with Crippen molar-refractivity contribution in [2.45, 2.75) is 33.2 Å². The summed E-state index contributed by atoms with van der Waals surface area (Å²) in [4.78, 5) is 10.4. The van der Waals surface area contributed by atoms with Gasteiger partial charge in [0, 0.05) is 12.6 Å². The molecular formula is C12H17Cl2N3. The molecule has 1 aromatic heterocycles. The summed E-state index contributed by atoms with van der Waals surface area (Å²) in [5.41, 5.74) is 0. The summed E-state index contributed by atoms with van der Waals surface area (Å²) in [7, 11) is 0. The van der Waals surface area contributed by atoms with Gasteiger partial charge in [-0.1, -0.05) is 25.4 Å². The summed E-state index contributed by atoms with van der Waals surface area (Å²) in [6, 6.07) is 0.426. The molecule has 0 spiro atoms. The molecule has 0 bridgehead atoms. The van der Waals surface area contributed by atoms with E-state index >= 15 is 0 Å². The molecule has 1 aliphatic rings. The molecule has 94 valence electrons. The molecule has 3 unspecified atom stereocenters. The Morgan fingerprint density at radius 3 is 2.71 bits per heavy atom. The van der Waals surface area contributed by atoms with Gasteiger partial charge in [-0.3, -0.25) is 0 Å². The highest BCUT2D eigenvalue weighted by Crippen LogP contribution is 2.33. The zero-order valence-electron chi connectivity index (χ0n) is 10.3. The molecule has 5 heteroatoms. The van der Waals surface area contributed by atoms with Gasteiger partial charge in [-0.25, -0.2) is 4.98 Å². The zero-order valence-corrected chi connectivity index (χ0v) is 11.8. The maximum atomic E-state index is 6.16. The lowest BCUT2D eigenvalue weighted by atomic mass is 9.86. The lowest BCUT2D eigenvalue weighted by molar-refractivity contribution is 0.295. The second-order valence-corrected chi connectivity index (χ2v) is 5.77. The predicted molar refractivity (Wildman–Crippen MR) is 71.8 cm³/mol. The van der Waals surface area contributed by atoms with E-state index < -0.39 is 0 Å². The normalized spacial score (nSPS) is 29.5. The Labute approximate surface area is 112 Å². The van der Waals surface area contributed by atoms with E-state index in [-0.39, 0.29) is 5.28 Å². The first-order valence-corrected chi connectivity index (χ1v) is 6.69. The average molecular weight is 274 g/mol. The van der Waals surface area contributed by atoms with Crippen LogP contribution in [0.3, 0.4) is 0 Å². The van der Waals surface area contributed by atoms with Gasteiger partial charge >= 0.3 is 0 Å². The fourth-order valence-electron chi connectivity index (χ4n) is 2.53. The van der Waals surface area contributed by atoms with Crippen molar-refractivity contribution < 1.29 is 0 Å². The zero-order chi connectivity index (χ0) is 12.6. The number of rotatable bonds is 1. The summed E-state index contributed by atoms with van der Waals surface area (Å²) in [6.07, 6.45) is 2.82. The SMILES string of the molecule is CC1CC(C)C(C)N(c2nc(Cl)ncc2Cl)C1. The molecule has 2 rings (SSSR count). The van der Waals surface area contributed by atoms with Crippen LogP contribution in [0.4, 0.5) is 5.82 Å². The van der Waals surface area contributed by atoms with Crippen molar-refractivity contribution >= 4 is 29.0 Å². The van der Waals surface area contributed by atoms with E-state index in [4.69, 9.17) is 23.2 Å². The Morgan fingerprint density at radius 2 is 2.00 bits per heavy atom. The third-order valence-corrected chi connectivity index (χ3v) is 4.01. The molecule has 1 saturated heterocycles. The van der Waals surface area contributed by atoms with E-state index in [2.05, 4.69) is 35.6 Å². The Hall–Kier alpha value is -0.540. The summed E-state index contributed by atoms with van der Waals surface area (Å²) in [5.74, 6) is 2.03. The Morgan fingerprint density at radius 1 is 1.29 bits per heavy atom. The molecule has 1 aromatic rings. The van der Waals surface area contributed by atoms with Crippen molar-refractivity contribution in [2.24, 2.45) is 11.8 Å². The molecule has 0 saturated carbocycles. The molecule has 0 aromatic carbocycles. The average Bonchev–Trinajstić information content (AvgIpc) is 2.27. The van der Waals surface area contributed by atoms with Crippen molar-refractivity contribution in [3.8, 4) is 0 Å². The molecule has 0 aliphatic carbocycles. The molecule has 3 nitrogen and oxygen atoms in total. The fourth-order valence-corrected chi connectivity index (χ4v) is 2.86. The van der Waals surface area contributed by atoms with Gasteiger partial charge in [0.25, 0.3) is 0 Å². The number of hydrogen-bond donors (Lipinski definition) is 0. The van der Waals surface area contributed by atoms with E-state index in [1.54, 1.807) is 6.20 Å². The van der Waals surface area contributed by atoms with Crippen LogP contribution in [-0.2, 0) is 0 Å². The van der Waals surface area contributed by atoms with Crippen LogP contribution in [0.25, 0.3) is 0 Å². The van der Waals surface area contributed by atoms with E-state index in [0.717, 1.165) is 12.4 Å². The second-order valence-electron chi connectivity index (χ2n) is 5.02. The standard InChI is InChI=1S/C12H17Cl2N3/c1-7-4-8(2)9(3)17(6-7)11-10(13)5-15-12(14)16-11/h5,7-9H,4,6H2,1-3H3. The van der Waals surface area contributed by atoms with Crippen molar-refractivity contribution in [3.63, 3.8) is 0 Å². The van der Waals surface area contributed by atoms with Crippen molar-refractivity contribution in [1.29, 1.82) is 0 Å². The number of hydrogen-bond acceptors (Lipinski definition) is 3. The van der Waals surface area contributed by atoms with Crippen LogP contribution in [0.5, 0.6) is 0 Å². The van der Waals surface area contributed by atoms with Crippen LogP contribution in [0, 0.1) is 11.8 Å². The van der Waals surface area contributed by atoms with Crippen LogP contribution >= 0.6 is 23.2 Å². The molecular weight excluding hydrogens is 257 g/mol. The summed E-state index contributed by atoms with van der Waals surface area (Å²) in [5, 5.41) is 0.824. The monoisotopic (exact) mass is 273 g/mol. The lowest BCUT2D eigenvalue weighted by Gasteiger charge is -2.42. The first-order chi connectivity index (χ1) is 7.99. The van der Waals surface area contributed by atoms with E-state index in [1.165, 1.54) is 6.42 Å². The van der Waals surface area contributed by atoms with Crippen LogP contribution in [-0.4, -0.2) is 22.6 Å². The number of halogens is 2. The number of nitrogens with zero attached hydrogens (tertiary/aromatic N) is 3. The van der Waals surface area contributed by atoms with Crippen molar-refractivity contribution in [2.75, 3.05) is 11.4 Å². The van der Waals surface area contributed by atoms with Gasteiger partial charge in [0.1, 0.15) is 5.02 Å². The minimum absolute atomic E-state index is 0.252. The molecule has 0 N–H and O–H groups in total. The van der Waals surface area contributed by atoms with E-state index in [1.807, 2.05) is 0 Å². The Kier molecular flexibility index (Phi) is 3.79. The van der Waals surface area contributed by atoms with Crippen LogP contribution in [0.2, 0.25) is 10.3 Å². The molecule has 2 heterocycles. The minimum Gasteiger partial charge on any atom is -0.352 e. The summed E-state index contributed by atoms with van der Waals surface area (Å²) < 4.78 is 0. The Balaban J connectivity index is 2.34. The predicted octanol–water partition coefficient (Wildman–Crippen LogP) is 3.65. The third-order valence-electron chi connectivity index (χ3n) is 3.57. The van der Waals surface area contributed by atoms with Gasteiger partial charge in [0.2, 0.25) is 5.28 Å². The van der Waals surface area contributed by atoms with Crippen LogP contribution in [0.15, 0.2) is 6.20 Å². The van der Waals surface area contributed by atoms with Gasteiger partial charge in [-0.05, 0) is 36.8 Å². The highest BCUT2D eigenvalue weighted by molar-refractivity contribution is 6.33. The third kappa shape index (κ3) is 2.66. The van der Waals surface area contributed by atoms with Gasteiger partial charge in [-0.15, -0.1) is 0 Å². The first kappa shape index (κ1) is 12.9. The molecule has 17 heavy (non-hydrogen) atoms. The highest BCUT2D eigenvalue weighted by Gasteiger charge is 2.30. The maximum Gasteiger partial charge on any atom is 0.224 e. The molecule has 0 amide bonds. The van der Waals surface area contributed by atoms with Gasteiger partial charge in [0.05, 0.1) is 6.20 Å². The second kappa shape index (κ2) is 4.99. The lowest BCUT2D eigenvalue weighted by Crippen LogP contribution is -2.46. The van der Waals surface area contributed by atoms with E-state index in [0.29, 0.717) is 22.9 Å². The largest absolute Gasteiger partial charge is 0.352 e. The molecule has 3 atom stereocenters. The van der Waals surface area contributed by atoms with Gasteiger partial charge in [-0.2, -0.15) is 4.98 Å². The molecule has 0 radical (unpaired) electrons. The fraction of sp³-hybridized carbons (Fsp3) is 0.667. The molecule has 1 aliphatic heterocycles. The van der Waals surface area contributed by atoms with E-state index in [9.17, 15) is 0 Å². The molecule has 1 fully saturated rings. The topological polar surface area (TPSA) is 29.0 Å². The number of anilines is 1. The quantitative estimate of drug-likeness (QED) is 0.732. The summed E-state index contributed by atoms with van der Waals surface area (Å²) >= 11 is 12.0. The van der Waals surface area contributed by atoms with Crippen LogP contribution in [0.1, 0.15) is 27.2 Å². The van der Waals surface area contributed by atoms with Gasteiger partial charge in [0.15, 0.2) is 5.82 Å².